The fraction of sp³-hybridized carbons (Fsp3) is 0.208. The number of ether oxygens (including phenoxy) is 2. The maximum atomic E-state index is 12.5. The highest BCUT2D eigenvalue weighted by Gasteiger charge is 2.19. The van der Waals surface area contributed by atoms with Crippen LogP contribution in [0.25, 0.3) is 21.1 Å². The van der Waals surface area contributed by atoms with Crippen molar-refractivity contribution < 1.29 is 32.3 Å². The topological polar surface area (TPSA) is 166 Å². The van der Waals surface area contributed by atoms with Crippen molar-refractivity contribution in [3.63, 3.8) is 0 Å². The molecule has 0 unspecified atom stereocenters. The largest absolute Gasteiger partial charge is 0.494 e. The smallest absolute Gasteiger partial charge is 0.295 e. The lowest BCUT2D eigenvalue weighted by Gasteiger charge is -2.12. The quantitative estimate of drug-likeness (QED) is 0.210. The molecule has 0 spiro atoms. The number of nitrogens with zero attached hydrogens (tertiary/aromatic N) is 4. The molecule has 36 heavy (non-hydrogen) atoms. The van der Waals surface area contributed by atoms with E-state index < -0.39 is 20.8 Å². The number of hydrogen-bond acceptors (Lipinski definition) is 8. The maximum Gasteiger partial charge on any atom is 0.295 e. The number of ketones is 1. The van der Waals surface area contributed by atoms with Crippen molar-refractivity contribution in [2.24, 2.45) is 0 Å². The summed E-state index contributed by atoms with van der Waals surface area (Å²) in [5, 5.41) is 27.8. The first kappa shape index (κ1) is 27.5. The van der Waals surface area contributed by atoms with Gasteiger partial charge in [0.15, 0.2) is 5.78 Å². The standard InChI is InChI=1S/C24H18N4O7S/c1-27-19(14-25)17-13-23(35-11-9-29)18(20(15-26)28-2)12-22(17)34-10-5-7-21(30)16-6-3-4-8-24(16)36(31,32)33/h3-4,6,8,12-13,29H,5,7,9-11H2,(H,31,32,33). The van der Waals surface area contributed by atoms with Gasteiger partial charge in [-0.25, -0.2) is 20.2 Å². The Labute approximate surface area is 206 Å². The molecular formula is C24H18N4O7S. The summed E-state index contributed by atoms with van der Waals surface area (Å²) < 4.78 is 43.4. The zero-order chi connectivity index (χ0) is 26.7. The van der Waals surface area contributed by atoms with Crippen LogP contribution in [0.5, 0.6) is 11.5 Å². The first-order valence-corrected chi connectivity index (χ1v) is 11.6. The second-order valence-corrected chi connectivity index (χ2v) is 8.30. The second kappa shape index (κ2) is 12.7. The van der Waals surface area contributed by atoms with Gasteiger partial charge in [0.25, 0.3) is 21.5 Å². The van der Waals surface area contributed by atoms with E-state index in [1.54, 1.807) is 12.1 Å². The first-order chi connectivity index (χ1) is 17.2. The van der Waals surface area contributed by atoms with Gasteiger partial charge in [0.2, 0.25) is 0 Å². The molecule has 0 radical (unpaired) electrons. The minimum Gasteiger partial charge on any atom is -0.494 e. The van der Waals surface area contributed by atoms with Crippen LogP contribution < -0.4 is 19.9 Å². The molecule has 2 rings (SSSR count). The highest BCUT2D eigenvalue weighted by Crippen LogP contribution is 2.18. The van der Waals surface area contributed by atoms with E-state index in [2.05, 4.69) is 9.69 Å². The van der Waals surface area contributed by atoms with E-state index in [4.69, 9.17) is 27.7 Å². The predicted molar refractivity (Wildman–Crippen MR) is 125 cm³/mol. The maximum absolute atomic E-state index is 12.5. The molecule has 0 aromatic heterocycles. The Hall–Kier alpha value is -4.72. The van der Waals surface area contributed by atoms with E-state index in [0.717, 1.165) is 6.07 Å². The highest BCUT2D eigenvalue weighted by molar-refractivity contribution is 7.86. The number of benzene rings is 2. The first-order valence-electron chi connectivity index (χ1n) is 10.2. The Balaban J connectivity index is 2.41. The number of carbonyl (C=O) groups is 1. The molecule has 0 heterocycles. The van der Waals surface area contributed by atoms with Gasteiger partial charge in [-0.15, -0.1) is 0 Å². The Morgan fingerprint density at radius 1 is 0.972 bits per heavy atom. The molecule has 2 aromatic carbocycles. The average Bonchev–Trinajstić information content (AvgIpc) is 2.87. The van der Waals surface area contributed by atoms with Gasteiger partial charge >= 0.3 is 0 Å². The van der Waals surface area contributed by atoms with Crippen molar-refractivity contribution in [2.45, 2.75) is 17.7 Å². The molecule has 0 saturated heterocycles. The van der Waals surface area contributed by atoms with Crippen LogP contribution in [0.1, 0.15) is 23.2 Å². The van der Waals surface area contributed by atoms with Crippen LogP contribution in [-0.2, 0) is 10.1 Å². The third-order valence-electron chi connectivity index (χ3n) is 4.65. The number of carbonyl (C=O) groups excluding carboxylic acids is 1. The fourth-order valence-corrected chi connectivity index (χ4v) is 3.80. The van der Waals surface area contributed by atoms with Crippen molar-refractivity contribution >= 4 is 27.3 Å². The summed E-state index contributed by atoms with van der Waals surface area (Å²) in [5.74, 6) is -0.581. The molecule has 2 aromatic rings. The van der Waals surface area contributed by atoms with Crippen molar-refractivity contribution in [3.05, 3.63) is 75.2 Å². The molecule has 0 amide bonds. The van der Waals surface area contributed by atoms with Crippen LogP contribution in [-0.4, -0.2) is 43.7 Å². The van der Waals surface area contributed by atoms with Crippen molar-refractivity contribution in [2.75, 3.05) is 19.8 Å². The Morgan fingerprint density at radius 2 is 1.50 bits per heavy atom. The number of Topliss-reactive ketones (excluding diaryl/α,β-unsaturated/α-hetero) is 1. The van der Waals surface area contributed by atoms with Crippen LogP contribution in [0.3, 0.4) is 0 Å². The van der Waals surface area contributed by atoms with Gasteiger partial charge in [0.1, 0.15) is 23.0 Å². The minimum atomic E-state index is -4.60. The van der Waals surface area contributed by atoms with E-state index in [1.165, 1.54) is 30.3 Å². The number of rotatable bonds is 10. The second-order valence-electron chi connectivity index (χ2n) is 6.91. The molecule has 182 valence electrons. The van der Waals surface area contributed by atoms with E-state index in [9.17, 15) is 28.3 Å². The molecule has 0 aliphatic carbocycles. The van der Waals surface area contributed by atoms with Gasteiger partial charge in [-0.2, -0.15) is 8.42 Å². The molecule has 0 bridgehead atoms. The summed E-state index contributed by atoms with van der Waals surface area (Å²) in [5.41, 5.74) is -0.880. The van der Waals surface area contributed by atoms with Gasteiger partial charge in [-0.05, 0) is 24.6 Å². The van der Waals surface area contributed by atoms with Gasteiger partial charge in [-0.3, -0.25) is 9.35 Å². The minimum absolute atomic E-state index is 0.00709. The molecule has 0 aliphatic heterocycles. The highest BCUT2D eigenvalue weighted by atomic mass is 32.2. The summed E-state index contributed by atoms with van der Waals surface area (Å²) in [6.45, 7) is 13.8. The SMILES string of the molecule is [C-]#[N+]C(C#N)=c1cc(OCCCC(=O)c2ccccc2S(=O)(=O)O)c(=C(C#N)[N+]#[C-])cc1OCCO. The normalized spacial score (nSPS) is 12.2. The van der Waals surface area contributed by atoms with Crippen LogP contribution in [0, 0.1) is 35.8 Å². The van der Waals surface area contributed by atoms with Crippen molar-refractivity contribution in [1.29, 1.82) is 10.5 Å². The third kappa shape index (κ3) is 6.66. The predicted octanol–water partition coefficient (Wildman–Crippen LogP) is 1.45. The lowest BCUT2D eigenvalue weighted by molar-refractivity contribution is 0.0970. The average molecular weight is 506 g/mol. The molecular weight excluding hydrogens is 488 g/mol. The lowest BCUT2D eigenvalue weighted by atomic mass is 10.1. The van der Waals surface area contributed by atoms with E-state index in [-0.39, 0.29) is 71.6 Å². The molecule has 0 fully saturated rings. The van der Waals surface area contributed by atoms with Crippen molar-refractivity contribution in [1.82, 2.24) is 0 Å². The Bertz CT molecular complexity index is 1540. The van der Waals surface area contributed by atoms with E-state index >= 15 is 0 Å². The van der Waals surface area contributed by atoms with Crippen molar-refractivity contribution in [3.8, 4) is 23.6 Å². The molecule has 12 heteroatoms. The fourth-order valence-electron chi connectivity index (χ4n) is 3.09. The zero-order valence-corrected chi connectivity index (χ0v) is 19.4. The Kier molecular flexibility index (Phi) is 9.68. The summed E-state index contributed by atoms with van der Waals surface area (Å²) in [6.07, 6.45) is -0.0601. The van der Waals surface area contributed by atoms with Gasteiger partial charge in [-0.1, -0.05) is 18.2 Å². The lowest BCUT2D eigenvalue weighted by Crippen LogP contribution is -2.21. The number of aliphatic hydroxyl groups is 1. The number of aliphatic hydroxyl groups excluding tert-OH is 1. The van der Waals surface area contributed by atoms with Gasteiger partial charge < -0.3 is 14.6 Å². The van der Waals surface area contributed by atoms with Gasteiger partial charge in [0, 0.05) is 22.4 Å². The molecule has 2 N–H and O–H groups in total. The summed E-state index contributed by atoms with van der Waals surface area (Å²) in [6, 6.07) is 11.2. The molecule has 0 atom stereocenters. The summed E-state index contributed by atoms with van der Waals surface area (Å²) >= 11 is 0. The van der Waals surface area contributed by atoms with Crippen LogP contribution in [0.4, 0.5) is 0 Å². The summed E-state index contributed by atoms with van der Waals surface area (Å²) in [4.78, 5) is 18.3. The van der Waals surface area contributed by atoms with Crippen LogP contribution >= 0.6 is 0 Å². The Morgan fingerprint density at radius 3 is 1.97 bits per heavy atom. The molecule has 0 saturated carbocycles. The number of hydrogen-bond donors (Lipinski definition) is 2. The van der Waals surface area contributed by atoms with Crippen LogP contribution in [0.15, 0.2) is 41.3 Å². The van der Waals surface area contributed by atoms with E-state index in [1.807, 2.05) is 0 Å². The zero-order valence-electron chi connectivity index (χ0n) is 18.6. The van der Waals surface area contributed by atoms with E-state index in [0.29, 0.717) is 0 Å². The monoisotopic (exact) mass is 506 g/mol. The van der Waals surface area contributed by atoms with Crippen LogP contribution in [0.2, 0.25) is 0 Å². The van der Waals surface area contributed by atoms with Gasteiger partial charge in [0.05, 0.1) is 38.5 Å². The third-order valence-corrected chi connectivity index (χ3v) is 5.56. The molecule has 0 aliphatic rings. The molecule has 11 nitrogen and oxygen atoms in total. The number of nitriles is 2. The summed E-state index contributed by atoms with van der Waals surface area (Å²) in [7, 11) is -4.60.